The second-order valence-corrected chi connectivity index (χ2v) is 7.39. The van der Waals surface area contributed by atoms with Gasteiger partial charge < -0.3 is 5.11 Å². The Hall–Kier alpha value is -2.78. The molecule has 1 N–H and O–H groups in total. The Morgan fingerprint density at radius 2 is 1.73 bits per heavy atom. The summed E-state index contributed by atoms with van der Waals surface area (Å²) >= 11 is 1.29. The number of thiazole rings is 1. The van der Waals surface area contributed by atoms with Gasteiger partial charge in [0.2, 0.25) is 10.9 Å². The number of carboxylic acids is 1. The van der Waals surface area contributed by atoms with Crippen molar-refractivity contribution in [3.8, 4) is 10.6 Å². The minimum absolute atomic E-state index is 0.0526. The van der Waals surface area contributed by atoms with Crippen molar-refractivity contribution in [2.45, 2.75) is 6.92 Å². The van der Waals surface area contributed by atoms with Gasteiger partial charge in [0.15, 0.2) is 5.82 Å². The molecule has 0 amide bonds. The number of carbonyl (C=O) groups is 1. The first kappa shape index (κ1) is 18.0. The molecule has 6 nitrogen and oxygen atoms in total. The molecule has 0 bridgehead atoms. The molecule has 0 fully saturated rings. The summed E-state index contributed by atoms with van der Waals surface area (Å²) in [5, 5.41) is 9.52. The predicted octanol–water partition coefficient (Wildman–Crippen LogP) is 3.62. The van der Waals surface area contributed by atoms with E-state index in [0.717, 1.165) is 4.31 Å². The minimum atomic E-state index is -3.05. The Kier molecular flexibility index (Phi) is 5.01. The van der Waals surface area contributed by atoms with Crippen molar-refractivity contribution in [2.24, 2.45) is 0 Å². The molecule has 0 aliphatic heterocycles. The first-order valence-corrected chi connectivity index (χ1v) is 9.32. The van der Waals surface area contributed by atoms with Gasteiger partial charge in [-0.05, 0) is 55.5 Å². The zero-order chi connectivity index (χ0) is 18.8. The van der Waals surface area contributed by atoms with Gasteiger partial charge >= 0.3 is 5.97 Å². The standard InChI is InChI=1S/C17H13FN2O4S2/c1-10-15(19-16(25-10)11-2-6-13(18)7-3-11)20(26(23)24)14-8-4-12(5-9-14)17(21)22/h2-9,26H,1H3,(H,21,22). The summed E-state index contributed by atoms with van der Waals surface area (Å²) in [7, 11) is -3.05. The summed E-state index contributed by atoms with van der Waals surface area (Å²) < 4.78 is 37.8. The summed E-state index contributed by atoms with van der Waals surface area (Å²) in [6.07, 6.45) is 0. The number of anilines is 2. The van der Waals surface area contributed by atoms with E-state index in [-0.39, 0.29) is 22.9 Å². The van der Waals surface area contributed by atoms with Gasteiger partial charge in [0.1, 0.15) is 10.8 Å². The highest BCUT2D eigenvalue weighted by Gasteiger charge is 2.20. The lowest BCUT2D eigenvalue weighted by molar-refractivity contribution is 0.0697. The highest BCUT2D eigenvalue weighted by Crippen LogP contribution is 2.36. The van der Waals surface area contributed by atoms with Gasteiger partial charge in [0.05, 0.1) is 11.3 Å². The molecule has 9 heteroatoms. The molecule has 1 aromatic heterocycles. The molecule has 0 aliphatic rings. The van der Waals surface area contributed by atoms with Crippen molar-refractivity contribution >= 4 is 39.7 Å². The average molecular weight is 392 g/mol. The molecule has 0 spiro atoms. The zero-order valence-corrected chi connectivity index (χ0v) is 15.1. The number of aromatic nitrogens is 1. The van der Waals surface area contributed by atoms with Crippen molar-refractivity contribution in [1.82, 2.24) is 4.98 Å². The van der Waals surface area contributed by atoms with Crippen LogP contribution in [0.5, 0.6) is 0 Å². The SMILES string of the molecule is Cc1sc(-c2ccc(F)cc2)nc1N(c1ccc(C(=O)O)cc1)[SH](=O)=O. The molecule has 0 saturated heterocycles. The lowest BCUT2D eigenvalue weighted by Crippen LogP contribution is -2.16. The number of thiol groups is 1. The van der Waals surface area contributed by atoms with E-state index >= 15 is 0 Å². The van der Waals surface area contributed by atoms with Crippen LogP contribution >= 0.6 is 11.3 Å². The molecule has 0 saturated carbocycles. The van der Waals surface area contributed by atoms with Crippen molar-refractivity contribution in [3.05, 3.63) is 64.8 Å². The molecule has 2 aromatic carbocycles. The Balaban J connectivity index is 2.03. The van der Waals surface area contributed by atoms with Crippen LogP contribution in [0, 0.1) is 12.7 Å². The van der Waals surface area contributed by atoms with Gasteiger partial charge in [-0.3, -0.25) is 0 Å². The normalized spacial score (nSPS) is 10.9. The van der Waals surface area contributed by atoms with Gasteiger partial charge in [-0.1, -0.05) is 0 Å². The zero-order valence-electron chi connectivity index (χ0n) is 13.4. The van der Waals surface area contributed by atoms with Crippen molar-refractivity contribution < 1.29 is 22.7 Å². The van der Waals surface area contributed by atoms with Crippen LogP contribution < -0.4 is 4.31 Å². The van der Waals surface area contributed by atoms with Gasteiger partial charge in [-0.2, -0.15) is 0 Å². The van der Waals surface area contributed by atoms with E-state index in [2.05, 4.69) is 4.98 Å². The van der Waals surface area contributed by atoms with Crippen molar-refractivity contribution in [1.29, 1.82) is 0 Å². The monoisotopic (exact) mass is 392 g/mol. The Morgan fingerprint density at radius 3 is 2.27 bits per heavy atom. The number of aryl methyl sites for hydroxylation is 1. The molecule has 0 aliphatic carbocycles. The maximum Gasteiger partial charge on any atom is 0.335 e. The van der Waals surface area contributed by atoms with Crippen molar-refractivity contribution in [2.75, 3.05) is 4.31 Å². The van der Waals surface area contributed by atoms with E-state index < -0.39 is 16.9 Å². The summed E-state index contributed by atoms with van der Waals surface area (Å²) in [6, 6.07) is 11.2. The molecule has 26 heavy (non-hydrogen) atoms. The summed E-state index contributed by atoms with van der Waals surface area (Å²) in [5.41, 5.74) is 1.01. The third-order valence-corrected chi connectivity index (χ3v) is 5.34. The fourth-order valence-electron chi connectivity index (χ4n) is 2.34. The number of halogens is 1. The molecule has 3 rings (SSSR count). The number of aromatic carboxylic acids is 1. The molecule has 3 aromatic rings. The molecule has 0 atom stereocenters. The summed E-state index contributed by atoms with van der Waals surface area (Å²) in [4.78, 5) is 16.0. The smallest absolute Gasteiger partial charge is 0.335 e. The van der Waals surface area contributed by atoms with Crippen LogP contribution in [-0.4, -0.2) is 24.5 Å². The molecule has 0 unspecified atom stereocenters. The van der Waals surface area contributed by atoms with Crippen LogP contribution in [0.4, 0.5) is 15.9 Å². The van der Waals surface area contributed by atoms with E-state index in [1.807, 2.05) is 0 Å². The number of rotatable bonds is 5. The first-order valence-electron chi connectivity index (χ1n) is 7.38. The predicted molar refractivity (Wildman–Crippen MR) is 98.1 cm³/mol. The van der Waals surface area contributed by atoms with Crippen LogP contribution in [0.15, 0.2) is 48.5 Å². The molecular formula is C17H13FN2O4S2. The number of hydrogen-bond donors (Lipinski definition) is 2. The van der Waals surface area contributed by atoms with E-state index in [9.17, 15) is 17.6 Å². The lowest BCUT2D eigenvalue weighted by Gasteiger charge is -2.16. The van der Waals surface area contributed by atoms with Gasteiger partial charge in [0, 0.05) is 10.4 Å². The van der Waals surface area contributed by atoms with E-state index in [4.69, 9.17) is 5.11 Å². The summed E-state index contributed by atoms with van der Waals surface area (Å²) in [6.45, 7) is 1.73. The maximum atomic E-state index is 13.1. The first-order chi connectivity index (χ1) is 12.4. The van der Waals surface area contributed by atoms with E-state index in [1.54, 1.807) is 19.1 Å². The maximum absolute atomic E-state index is 13.1. The Labute approximate surface area is 154 Å². The number of nitrogens with zero attached hydrogens (tertiary/aromatic N) is 2. The molecule has 134 valence electrons. The molecular weight excluding hydrogens is 379 g/mol. The Bertz CT molecular complexity index is 1020. The van der Waals surface area contributed by atoms with Crippen LogP contribution in [0.25, 0.3) is 10.6 Å². The fraction of sp³-hybridized carbons (Fsp3) is 0.0588. The van der Waals surface area contributed by atoms with Gasteiger partial charge in [-0.25, -0.2) is 26.9 Å². The van der Waals surface area contributed by atoms with Crippen molar-refractivity contribution in [3.63, 3.8) is 0 Å². The lowest BCUT2D eigenvalue weighted by atomic mass is 10.2. The topological polar surface area (TPSA) is 87.6 Å². The second-order valence-electron chi connectivity index (χ2n) is 5.31. The van der Waals surface area contributed by atoms with Gasteiger partial charge in [-0.15, -0.1) is 11.3 Å². The quantitative estimate of drug-likeness (QED) is 0.648. The van der Waals surface area contributed by atoms with E-state index in [0.29, 0.717) is 15.4 Å². The summed E-state index contributed by atoms with van der Waals surface area (Å²) in [5.74, 6) is -1.24. The second kappa shape index (κ2) is 7.22. The highest BCUT2D eigenvalue weighted by molar-refractivity contribution is 7.74. The van der Waals surface area contributed by atoms with Crippen LogP contribution in [0.2, 0.25) is 0 Å². The number of benzene rings is 2. The minimum Gasteiger partial charge on any atom is -0.478 e. The third kappa shape index (κ3) is 3.58. The highest BCUT2D eigenvalue weighted by atomic mass is 32.2. The Morgan fingerprint density at radius 1 is 1.12 bits per heavy atom. The average Bonchev–Trinajstić information content (AvgIpc) is 2.97. The van der Waals surface area contributed by atoms with Gasteiger partial charge in [0.25, 0.3) is 0 Å². The van der Waals surface area contributed by atoms with Crippen LogP contribution in [0.1, 0.15) is 15.2 Å². The fourth-order valence-corrected chi connectivity index (χ4v) is 3.98. The number of carboxylic acid groups (broad SMARTS) is 1. The number of hydrogen-bond acceptors (Lipinski definition) is 5. The molecule has 0 radical (unpaired) electrons. The van der Waals surface area contributed by atoms with Crippen LogP contribution in [0.3, 0.4) is 0 Å². The van der Waals surface area contributed by atoms with E-state index in [1.165, 1.54) is 47.7 Å². The third-order valence-electron chi connectivity index (χ3n) is 3.59. The van der Waals surface area contributed by atoms with Crippen LogP contribution in [-0.2, 0) is 10.9 Å². The molecule has 1 heterocycles. The largest absolute Gasteiger partial charge is 0.478 e.